The van der Waals surface area contributed by atoms with Gasteiger partial charge in [-0.2, -0.15) is 0 Å². The van der Waals surface area contributed by atoms with Gasteiger partial charge in [0.05, 0.1) is 11.1 Å². The predicted octanol–water partition coefficient (Wildman–Crippen LogP) is 13.4. The Labute approximate surface area is 294 Å². The highest BCUT2D eigenvalue weighted by molar-refractivity contribution is 6.15. The largest absolute Gasteiger partial charge is 0.456 e. The highest BCUT2D eigenvalue weighted by atomic mass is 16.4. The molecule has 240 valence electrons. The molecule has 0 atom stereocenters. The Balaban J connectivity index is 1.14. The highest BCUT2D eigenvalue weighted by Crippen LogP contribution is 2.44. The normalized spacial score (nSPS) is 11.5. The van der Waals surface area contributed by atoms with E-state index in [9.17, 15) is 0 Å². The number of aromatic nitrogens is 1. The molecule has 0 spiro atoms. The fraction of sp³-hybridized carbons (Fsp3) is 0. The molecule has 0 radical (unpaired) electrons. The van der Waals surface area contributed by atoms with E-state index in [0.717, 1.165) is 50.1 Å². The van der Waals surface area contributed by atoms with Crippen LogP contribution in [-0.4, -0.2) is 4.98 Å². The maximum Gasteiger partial charge on any atom is 0.227 e. The molecule has 2 aromatic heterocycles. The summed E-state index contributed by atoms with van der Waals surface area (Å²) in [4.78, 5) is 7.21. The van der Waals surface area contributed by atoms with Gasteiger partial charge in [0.25, 0.3) is 0 Å². The molecule has 0 fully saturated rings. The molecule has 0 unspecified atom stereocenters. The highest BCUT2D eigenvalue weighted by Gasteiger charge is 2.21. The minimum atomic E-state index is 0.592. The molecule has 10 aromatic rings. The first kappa shape index (κ1) is 29.0. The van der Waals surface area contributed by atoms with Gasteiger partial charge >= 0.3 is 0 Å². The van der Waals surface area contributed by atoms with Crippen molar-refractivity contribution >= 4 is 60.9 Å². The number of hydrogen-bond acceptors (Lipinski definition) is 4. The smallest absolute Gasteiger partial charge is 0.227 e. The lowest BCUT2D eigenvalue weighted by Gasteiger charge is -2.26. The number of nitrogens with zero attached hydrogens (tertiary/aromatic N) is 2. The van der Waals surface area contributed by atoms with Crippen molar-refractivity contribution in [3.8, 4) is 33.7 Å². The van der Waals surface area contributed by atoms with E-state index in [1.165, 1.54) is 33.0 Å². The lowest BCUT2D eigenvalue weighted by atomic mass is 9.98. The Morgan fingerprint density at radius 1 is 0.412 bits per heavy atom. The third kappa shape index (κ3) is 5.04. The first-order chi connectivity index (χ1) is 25.3. The van der Waals surface area contributed by atoms with Crippen molar-refractivity contribution < 1.29 is 8.83 Å². The Morgan fingerprint density at radius 3 is 1.80 bits per heavy atom. The van der Waals surface area contributed by atoms with Crippen LogP contribution < -0.4 is 4.90 Å². The van der Waals surface area contributed by atoms with Crippen LogP contribution in [0.3, 0.4) is 0 Å². The van der Waals surface area contributed by atoms with Gasteiger partial charge in [0.2, 0.25) is 5.89 Å². The molecule has 4 heteroatoms. The summed E-state index contributed by atoms with van der Waals surface area (Å²) in [7, 11) is 0. The fourth-order valence-corrected chi connectivity index (χ4v) is 7.25. The van der Waals surface area contributed by atoms with Gasteiger partial charge in [0, 0.05) is 28.4 Å². The Bertz CT molecular complexity index is 2830. The summed E-state index contributed by atoms with van der Waals surface area (Å²) in [6, 6.07) is 63.5. The minimum Gasteiger partial charge on any atom is -0.456 e. The van der Waals surface area contributed by atoms with Gasteiger partial charge in [0.15, 0.2) is 5.58 Å². The number of benzene rings is 8. The molecular formula is C47H30N2O2. The Kier molecular flexibility index (Phi) is 6.78. The van der Waals surface area contributed by atoms with Crippen molar-refractivity contribution in [1.29, 1.82) is 0 Å². The standard InChI is InChI=1S/C47H30N2O2/c1-3-11-31(12-4-1)32-21-25-36(26-22-32)49(37-27-23-34(24-28-37)39-18-9-16-33-13-7-8-17-38(33)39)42-19-10-20-43-46(42)40-29-41-45(30-44(40)50-43)51-47(48-41)35-14-5-2-6-15-35/h1-30H. The molecular weight excluding hydrogens is 625 g/mol. The molecule has 0 amide bonds. The average molecular weight is 655 g/mol. The summed E-state index contributed by atoms with van der Waals surface area (Å²) in [6.07, 6.45) is 0. The zero-order valence-corrected chi connectivity index (χ0v) is 27.5. The quantitative estimate of drug-likeness (QED) is 0.179. The number of oxazole rings is 1. The topological polar surface area (TPSA) is 42.4 Å². The number of hydrogen-bond donors (Lipinski definition) is 0. The van der Waals surface area contributed by atoms with Crippen LogP contribution in [0.15, 0.2) is 191 Å². The molecule has 0 bridgehead atoms. The second kappa shape index (κ2) is 11.9. The zero-order chi connectivity index (χ0) is 33.7. The van der Waals surface area contributed by atoms with Crippen LogP contribution in [0.2, 0.25) is 0 Å². The first-order valence-electron chi connectivity index (χ1n) is 17.1. The van der Waals surface area contributed by atoms with Crippen molar-refractivity contribution in [2.24, 2.45) is 0 Å². The Hall–Kier alpha value is -6.91. The SMILES string of the molecule is c1ccc(-c2ccc(N(c3ccc(-c4cccc5ccccc45)cc3)c3cccc4oc5cc6oc(-c7ccccc7)nc6cc5c34)cc2)cc1. The zero-order valence-electron chi connectivity index (χ0n) is 27.5. The summed E-state index contributed by atoms with van der Waals surface area (Å²) >= 11 is 0. The third-order valence-electron chi connectivity index (χ3n) is 9.70. The van der Waals surface area contributed by atoms with E-state index in [2.05, 4.69) is 138 Å². The van der Waals surface area contributed by atoms with Crippen LogP contribution in [0.1, 0.15) is 0 Å². The van der Waals surface area contributed by atoms with E-state index >= 15 is 0 Å². The summed E-state index contributed by atoms with van der Waals surface area (Å²) in [5.74, 6) is 0.592. The Morgan fingerprint density at radius 2 is 1.04 bits per heavy atom. The minimum absolute atomic E-state index is 0.592. The number of rotatable bonds is 6. The van der Waals surface area contributed by atoms with Crippen LogP contribution in [0.25, 0.3) is 77.5 Å². The summed E-state index contributed by atoms with van der Waals surface area (Å²) < 4.78 is 12.7. The van der Waals surface area contributed by atoms with E-state index in [4.69, 9.17) is 13.8 Å². The van der Waals surface area contributed by atoms with E-state index in [0.29, 0.717) is 11.5 Å². The van der Waals surface area contributed by atoms with Crippen LogP contribution in [-0.2, 0) is 0 Å². The molecule has 2 heterocycles. The van der Waals surface area contributed by atoms with Crippen LogP contribution in [0.4, 0.5) is 17.1 Å². The summed E-state index contributed by atoms with van der Waals surface area (Å²) in [5, 5.41) is 4.48. The van der Waals surface area contributed by atoms with Gasteiger partial charge in [-0.25, -0.2) is 4.98 Å². The van der Waals surface area contributed by atoms with E-state index in [1.54, 1.807) is 0 Å². The van der Waals surface area contributed by atoms with Crippen LogP contribution >= 0.6 is 0 Å². The molecule has 0 aliphatic carbocycles. The van der Waals surface area contributed by atoms with Gasteiger partial charge in [-0.1, -0.05) is 121 Å². The van der Waals surface area contributed by atoms with Gasteiger partial charge < -0.3 is 13.7 Å². The van der Waals surface area contributed by atoms with Gasteiger partial charge in [-0.05, 0) is 87.6 Å². The van der Waals surface area contributed by atoms with E-state index in [1.807, 2.05) is 48.5 Å². The van der Waals surface area contributed by atoms with Crippen molar-refractivity contribution in [3.05, 3.63) is 182 Å². The first-order valence-corrected chi connectivity index (χ1v) is 17.1. The number of fused-ring (bicyclic) bond motifs is 5. The maximum absolute atomic E-state index is 6.52. The fourth-order valence-electron chi connectivity index (χ4n) is 7.25. The van der Waals surface area contributed by atoms with Crippen molar-refractivity contribution in [2.45, 2.75) is 0 Å². The summed E-state index contributed by atoms with van der Waals surface area (Å²) in [5.41, 5.74) is 11.8. The molecule has 0 saturated carbocycles. The van der Waals surface area contributed by atoms with Crippen LogP contribution in [0, 0.1) is 0 Å². The summed E-state index contributed by atoms with van der Waals surface area (Å²) in [6.45, 7) is 0. The van der Waals surface area contributed by atoms with E-state index in [-0.39, 0.29) is 0 Å². The molecule has 51 heavy (non-hydrogen) atoms. The lowest BCUT2D eigenvalue weighted by molar-refractivity contribution is 0.617. The monoisotopic (exact) mass is 654 g/mol. The van der Waals surface area contributed by atoms with Crippen molar-refractivity contribution in [3.63, 3.8) is 0 Å². The molecule has 8 aromatic carbocycles. The molecule has 4 nitrogen and oxygen atoms in total. The number of anilines is 3. The molecule has 0 aliphatic rings. The van der Waals surface area contributed by atoms with Crippen molar-refractivity contribution in [2.75, 3.05) is 4.90 Å². The predicted molar refractivity (Wildman–Crippen MR) is 210 cm³/mol. The second-order valence-corrected chi connectivity index (χ2v) is 12.8. The van der Waals surface area contributed by atoms with Gasteiger partial charge in [0.1, 0.15) is 16.7 Å². The second-order valence-electron chi connectivity index (χ2n) is 12.8. The average Bonchev–Trinajstić information content (AvgIpc) is 3.79. The van der Waals surface area contributed by atoms with E-state index < -0.39 is 0 Å². The van der Waals surface area contributed by atoms with Crippen molar-refractivity contribution in [1.82, 2.24) is 4.98 Å². The van der Waals surface area contributed by atoms with Gasteiger partial charge in [-0.3, -0.25) is 0 Å². The third-order valence-corrected chi connectivity index (χ3v) is 9.70. The van der Waals surface area contributed by atoms with Gasteiger partial charge in [-0.15, -0.1) is 0 Å². The molecule has 0 saturated heterocycles. The molecule has 10 rings (SSSR count). The molecule has 0 aliphatic heterocycles. The molecule has 0 N–H and O–H groups in total. The van der Waals surface area contributed by atoms with Crippen LogP contribution in [0.5, 0.6) is 0 Å². The number of furan rings is 1. The lowest BCUT2D eigenvalue weighted by Crippen LogP contribution is -2.10. The maximum atomic E-state index is 6.52.